The van der Waals surface area contributed by atoms with Gasteiger partial charge in [0.2, 0.25) is 0 Å². The first-order valence-corrected chi connectivity index (χ1v) is 18.3. The van der Waals surface area contributed by atoms with Crippen molar-refractivity contribution in [2.45, 2.75) is 93.9 Å². The minimum atomic E-state index is -0.528. The van der Waals surface area contributed by atoms with Crippen LogP contribution in [0.4, 0.5) is 0 Å². The summed E-state index contributed by atoms with van der Waals surface area (Å²) in [5.74, 6) is 0.546. The zero-order chi connectivity index (χ0) is 34.3. The fourth-order valence-corrected chi connectivity index (χ4v) is 7.51. The lowest BCUT2D eigenvalue weighted by Gasteiger charge is -2.40. The average molecular weight is 726 g/mol. The SMILES string of the molecule is C1CCOC1.N#C[C@@]1(c2ccc(Cl)c(Cl)c2)CCC[C@@H](CO)C1.NC[C@@]1(c2ccc(Cl)c(Cl)c2)CCC[C@@H](CO)C1.[B]C1CCCO1. The second-order valence-electron chi connectivity index (χ2n) is 13.1. The van der Waals surface area contributed by atoms with Crippen molar-refractivity contribution in [2.75, 3.05) is 39.6 Å². The summed E-state index contributed by atoms with van der Waals surface area (Å²) in [6.07, 6.45) is 12.4. The standard InChI is InChI=1S/C14H19Cl2NO.C14H15Cl2NO.C4H7BO.C4H8O/c2*15-12-4-3-11(6-13(12)16)14(9-17)5-1-2-10(7-14)8-18;5-4-2-1-3-6-4;1-2-4-5-3-1/h3-4,6,10,18H,1-2,5,7-9,17H2;3-4,6,10,18H,1-2,5,7-8H2;4H,1-3H2;1-4H2/t2*10-,14-;;/m11../s1. The summed E-state index contributed by atoms with van der Waals surface area (Å²) >= 11 is 24.0. The molecule has 4 N–H and O–H groups in total. The smallest absolute Gasteiger partial charge is 0.108 e. The first-order chi connectivity index (χ1) is 22.6. The number of benzene rings is 2. The number of ether oxygens (including phenoxy) is 2. The van der Waals surface area contributed by atoms with Crippen molar-refractivity contribution in [2.24, 2.45) is 17.6 Å². The van der Waals surface area contributed by atoms with Crippen molar-refractivity contribution < 1.29 is 19.7 Å². The molecule has 4 aliphatic rings. The molecule has 0 spiro atoms. The van der Waals surface area contributed by atoms with E-state index in [0.717, 1.165) is 88.7 Å². The Hall–Kier alpha value is -1.05. The summed E-state index contributed by atoms with van der Waals surface area (Å²) in [6.45, 7) is 3.83. The monoisotopic (exact) mass is 724 g/mol. The Kier molecular flexibility index (Phi) is 17.7. The van der Waals surface area contributed by atoms with Crippen LogP contribution in [-0.2, 0) is 20.3 Å². The van der Waals surface area contributed by atoms with Gasteiger partial charge in [0.05, 0.1) is 31.6 Å². The van der Waals surface area contributed by atoms with Crippen LogP contribution in [-0.4, -0.2) is 63.6 Å². The molecule has 258 valence electrons. The van der Waals surface area contributed by atoms with Crippen LogP contribution < -0.4 is 5.73 Å². The van der Waals surface area contributed by atoms with Crippen LogP contribution in [0, 0.1) is 23.2 Å². The van der Waals surface area contributed by atoms with E-state index >= 15 is 0 Å². The Morgan fingerprint density at radius 1 is 0.766 bits per heavy atom. The largest absolute Gasteiger partial charge is 0.396 e. The Labute approximate surface area is 302 Å². The van der Waals surface area contributed by atoms with Crippen molar-refractivity contribution in [3.05, 3.63) is 67.6 Å². The molecule has 6 nitrogen and oxygen atoms in total. The number of hydrogen-bond donors (Lipinski definition) is 3. The molecule has 2 radical (unpaired) electrons. The lowest BCUT2D eigenvalue weighted by atomic mass is 9.66. The maximum Gasteiger partial charge on any atom is 0.108 e. The second kappa shape index (κ2) is 20.6. The molecule has 1 unspecified atom stereocenters. The van der Waals surface area contributed by atoms with Crippen molar-refractivity contribution in [3.8, 4) is 6.07 Å². The number of halogens is 4. The topological polar surface area (TPSA) is 109 Å². The molecule has 0 aromatic heterocycles. The van der Waals surface area contributed by atoms with Gasteiger partial charge >= 0.3 is 0 Å². The van der Waals surface area contributed by atoms with Crippen LogP contribution in [0.3, 0.4) is 0 Å². The highest BCUT2D eigenvalue weighted by Crippen LogP contribution is 2.44. The Bertz CT molecular complexity index is 1270. The van der Waals surface area contributed by atoms with E-state index < -0.39 is 5.41 Å². The molecule has 2 saturated heterocycles. The predicted molar refractivity (Wildman–Crippen MR) is 194 cm³/mol. The molecule has 4 fully saturated rings. The number of nitriles is 1. The molecule has 2 heterocycles. The molecular formula is C36H49BCl4N2O4. The number of aliphatic hydroxyl groups is 2. The van der Waals surface area contributed by atoms with Crippen molar-refractivity contribution in [3.63, 3.8) is 0 Å². The van der Waals surface area contributed by atoms with Crippen LogP contribution in [0.2, 0.25) is 20.1 Å². The van der Waals surface area contributed by atoms with E-state index in [9.17, 15) is 15.5 Å². The first kappa shape index (κ1) is 40.4. The van der Waals surface area contributed by atoms with Crippen LogP contribution >= 0.6 is 46.4 Å². The van der Waals surface area contributed by atoms with E-state index in [1.165, 1.54) is 12.8 Å². The van der Waals surface area contributed by atoms with Gasteiger partial charge in [0.25, 0.3) is 0 Å². The molecule has 0 bridgehead atoms. The molecule has 5 atom stereocenters. The molecule has 0 amide bonds. The highest BCUT2D eigenvalue weighted by Gasteiger charge is 2.38. The number of nitrogens with two attached hydrogens (primary N) is 1. The zero-order valence-corrected chi connectivity index (χ0v) is 30.3. The number of nitrogens with zero attached hydrogens (tertiary/aromatic N) is 1. The summed E-state index contributed by atoms with van der Waals surface area (Å²) < 4.78 is 9.88. The van der Waals surface area contributed by atoms with E-state index in [1.807, 2.05) is 24.3 Å². The van der Waals surface area contributed by atoms with Gasteiger partial charge in [-0.1, -0.05) is 71.4 Å². The number of hydrogen-bond acceptors (Lipinski definition) is 6. The van der Waals surface area contributed by atoms with E-state index in [2.05, 4.69) is 6.07 Å². The zero-order valence-electron chi connectivity index (χ0n) is 27.2. The summed E-state index contributed by atoms with van der Waals surface area (Å²) in [4.78, 5) is 0. The second-order valence-corrected chi connectivity index (χ2v) is 14.7. The van der Waals surface area contributed by atoms with Gasteiger partial charge in [0, 0.05) is 51.0 Å². The minimum Gasteiger partial charge on any atom is -0.396 e. The molecule has 2 saturated carbocycles. The van der Waals surface area contributed by atoms with E-state index in [4.69, 9.17) is 69.5 Å². The van der Waals surface area contributed by atoms with Gasteiger partial charge in [0.15, 0.2) is 0 Å². The third-order valence-corrected chi connectivity index (χ3v) is 11.2. The third-order valence-electron chi connectivity index (χ3n) is 9.72. The van der Waals surface area contributed by atoms with Crippen molar-refractivity contribution >= 4 is 54.3 Å². The van der Waals surface area contributed by atoms with Crippen molar-refractivity contribution in [1.29, 1.82) is 5.26 Å². The Morgan fingerprint density at radius 2 is 1.34 bits per heavy atom. The molecule has 2 aliphatic heterocycles. The van der Waals surface area contributed by atoms with Gasteiger partial charge in [-0.25, -0.2) is 0 Å². The predicted octanol–water partition coefficient (Wildman–Crippen LogP) is 8.40. The number of aliphatic hydroxyl groups excluding tert-OH is 2. The van der Waals surface area contributed by atoms with E-state index in [0.29, 0.717) is 39.0 Å². The quantitative estimate of drug-likeness (QED) is 0.267. The van der Waals surface area contributed by atoms with E-state index in [-0.39, 0.29) is 30.5 Å². The molecule has 6 rings (SSSR count). The summed E-state index contributed by atoms with van der Waals surface area (Å²) in [6, 6.07) is 13.6. The van der Waals surface area contributed by atoms with Crippen LogP contribution in [0.15, 0.2) is 36.4 Å². The van der Waals surface area contributed by atoms with Crippen LogP contribution in [0.25, 0.3) is 0 Å². The molecule has 2 aromatic rings. The fraction of sp³-hybridized carbons (Fsp3) is 0.639. The summed E-state index contributed by atoms with van der Waals surface area (Å²) in [5.41, 5.74) is 7.50. The molecular weight excluding hydrogens is 677 g/mol. The maximum atomic E-state index is 9.56. The maximum absolute atomic E-state index is 9.56. The van der Waals surface area contributed by atoms with Gasteiger partial charge in [-0.05, 0) is 111 Å². The third kappa shape index (κ3) is 12.1. The summed E-state index contributed by atoms with van der Waals surface area (Å²) in [5, 5.41) is 30.4. The lowest BCUT2D eigenvalue weighted by Crippen LogP contribution is -2.40. The highest BCUT2D eigenvalue weighted by molar-refractivity contribution is 6.42. The molecule has 47 heavy (non-hydrogen) atoms. The first-order valence-electron chi connectivity index (χ1n) is 16.8. The van der Waals surface area contributed by atoms with Gasteiger partial charge < -0.3 is 25.4 Å². The fourth-order valence-electron chi connectivity index (χ4n) is 6.91. The normalized spacial score (nSPS) is 28.4. The van der Waals surface area contributed by atoms with Gasteiger partial charge in [-0.3, -0.25) is 0 Å². The van der Waals surface area contributed by atoms with Gasteiger partial charge in [0.1, 0.15) is 7.85 Å². The van der Waals surface area contributed by atoms with Gasteiger partial charge in [-0.2, -0.15) is 5.26 Å². The average Bonchev–Trinajstić information content (AvgIpc) is 3.85. The molecule has 2 aliphatic carbocycles. The van der Waals surface area contributed by atoms with E-state index in [1.54, 1.807) is 12.1 Å². The number of rotatable bonds is 5. The van der Waals surface area contributed by atoms with Crippen LogP contribution in [0.1, 0.15) is 88.2 Å². The summed E-state index contributed by atoms with van der Waals surface area (Å²) in [7, 11) is 5.31. The highest BCUT2D eigenvalue weighted by atomic mass is 35.5. The Balaban J connectivity index is 0.000000193. The molecule has 11 heteroatoms. The Morgan fingerprint density at radius 3 is 1.79 bits per heavy atom. The molecule has 2 aromatic carbocycles. The minimum absolute atomic E-state index is 0.0463. The lowest BCUT2D eigenvalue weighted by molar-refractivity contribution is 0.144. The van der Waals surface area contributed by atoms with Gasteiger partial charge in [-0.15, -0.1) is 0 Å². The van der Waals surface area contributed by atoms with Crippen molar-refractivity contribution in [1.82, 2.24) is 0 Å². The van der Waals surface area contributed by atoms with Crippen LogP contribution in [0.5, 0.6) is 0 Å².